The van der Waals surface area contributed by atoms with Crippen LogP contribution in [0.4, 0.5) is 0 Å². The van der Waals surface area contributed by atoms with Crippen molar-refractivity contribution >= 4 is 29.1 Å². The van der Waals surface area contributed by atoms with Crippen molar-refractivity contribution in [3.05, 3.63) is 47.8 Å². The van der Waals surface area contributed by atoms with Gasteiger partial charge >= 0.3 is 0 Å². The number of Topliss-reactive ketones (excluding diaryl/α,β-unsaturated/α-hetero) is 1. The summed E-state index contributed by atoms with van der Waals surface area (Å²) in [5.74, 6) is -0.164. The van der Waals surface area contributed by atoms with Gasteiger partial charge in [-0.2, -0.15) is 8.75 Å². The van der Waals surface area contributed by atoms with E-state index in [1.54, 1.807) is 31.2 Å². The Morgan fingerprint density at radius 1 is 1.38 bits per heavy atom. The highest BCUT2D eigenvalue weighted by Crippen LogP contribution is 2.31. The lowest BCUT2D eigenvalue weighted by atomic mass is 9.96. The van der Waals surface area contributed by atoms with Crippen LogP contribution in [0.3, 0.4) is 0 Å². The van der Waals surface area contributed by atoms with Crippen LogP contribution in [0.2, 0.25) is 0 Å². The van der Waals surface area contributed by atoms with Gasteiger partial charge in [-0.25, -0.2) is 0 Å². The molecule has 0 spiro atoms. The number of aromatic nitrogens is 2. The smallest absolute Gasteiger partial charge is 0.189 e. The third kappa shape index (κ3) is 1.99. The van der Waals surface area contributed by atoms with Crippen LogP contribution in [0.1, 0.15) is 23.0 Å². The minimum Gasteiger partial charge on any atom is -0.292 e. The average molecular weight is 253 g/mol. The highest BCUT2D eigenvalue weighted by atomic mass is 35.5. The highest BCUT2D eigenvalue weighted by Gasteiger charge is 2.35. The number of rotatable bonds is 3. The summed E-state index contributed by atoms with van der Waals surface area (Å²) in [5, 5.41) is 0. The fourth-order valence-corrected chi connectivity index (χ4v) is 2.11. The topological polar surface area (TPSA) is 42.9 Å². The van der Waals surface area contributed by atoms with E-state index in [9.17, 15) is 4.79 Å². The van der Waals surface area contributed by atoms with Crippen molar-refractivity contribution in [2.24, 2.45) is 0 Å². The Labute approximate surface area is 102 Å². The van der Waals surface area contributed by atoms with Gasteiger partial charge in [-0.1, -0.05) is 30.3 Å². The molecular formula is C11H9ClN2OS. The predicted octanol–water partition coefficient (Wildman–Crippen LogP) is 2.88. The van der Waals surface area contributed by atoms with Crippen LogP contribution in [-0.2, 0) is 4.87 Å². The molecule has 2 aromatic rings. The van der Waals surface area contributed by atoms with Gasteiger partial charge in [0, 0.05) is 5.56 Å². The van der Waals surface area contributed by atoms with Crippen molar-refractivity contribution in [3.8, 4) is 0 Å². The van der Waals surface area contributed by atoms with E-state index in [1.807, 2.05) is 6.07 Å². The van der Waals surface area contributed by atoms with E-state index in [0.717, 1.165) is 11.7 Å². The lowest BCUT2D eigenvalue weighted by molar-refractivity contribution is 0.0944. The number of hydrogen-bond donors (Lipinski definition) is 0. The number of nitrogens with zero attached hydrogens (tertiary/aromatic N) is 2. The Balaban J connectivity index is 2.36. The summed E-state index contributed by atoms with van der Waals surface area (Å²) in [7, 11) is 0. The van der Waals surface area contributed by atoms with Crippen LogP contribution in [0.25, 0.3) is 0 Å². The number of hydrogen-bond acceptors (Lipinski definition) is 4. The molecule has 0 N–H and O–H groups in total. The zero-order valence-electron chi connectivity index (χ0n) is 8.55. The van der Waals surface area contributed by atoms with E-state index < -0.39 is 4.87 Å². The lowest BCUT2D eigenvalue weighted by Crippen LogP contribution is -2.26. The first-order valence-electron chi connectivity index (χ1n) is 4.69. The van der Waals surface area contributed by atoms with Gasteiger partial charge in [0.25, 0.3) is 0 Å². The van der Waals surface area contributed by atoms with Crippen LogP contribution in [0, 0.1) is 0 Å². The van der Waals surface area contributed by atoms with Crippen LogP contribution in [0.5, 0.6) is 0 Å². The molecular weight excluding hydrogens is 244 g/mol. The highest BCUT2D eigenvalue weighted by molar-refractivity contribution is 6.99. The second-order valence-corrected chi connectivity index (χ2v) is 4.80. The molecule has 1 heterocycles. The molecule has 0 saturated carbocycles. The van der Waals surface area contributed by atoms with Crippen molar-refractivity contribution < 1.29 is 4.79 Å². The van der Waals surface area contributed by atoms with Gasteiger partial charge in [-0.15, -0.1) is 11.6 Å². The number of carbonyl (C=O) groups is 1. The van der Waals surface area contributed by atoms with Gasteiger partial charge in [-0.3, -0.25) is 4.79 Å². The van der Waals surface area contributed by atoms with Gasteiger partial charge in [0.15, 0.2) is 5.78 Å². The van der Waals surface area contributed by atoms with Crippen molar-refractivity contribution in [3.63, 3.8) is 0 Å². The first-order chi connectivity index (χ1) is 7.62. The maximum Gasteiger partial charge on any atom is 0.189 e. The van der Waals surface area contributed by atoms with Gasteiger partial charge < -0.3 is 0 Å². The number of benzene rings is 1. The Kier molecular flexibility index (Phi) is 3.03. The molecule has 0 bridgehead atoms. The molecule has 16 heavy (non-hydrogen) atoms. The van der Waals surface area contributed by atoms with Crippen LogP contribution in [-0.4, -0.2) is 14.5 Å². The molecule has 0 saturated heterocycles. The summed E-state index contributed by atoms with van der Waals surface area (Å²) in [6, 6.07) is 8.94. The largest absolute Gasteiger partial charge is 0.292 e. The Hall–Kier alpha value is -1.26. The molecule has 0 radical (unpaired) electrons. The van der Waals surface area contributed by atoms with Gasteiger partial charge in [0.1, 0.15) is 10.6 Å². The van der Waals surface area contributed by atoms with E-state index in [2.05, 4.69) is 8.75 Å². The second-order valence-electron chi connectivity index (χ2n) is 3.49. The summed E-state index contributed by atoms with van der Waals surface area (Å²) in [6.45, 7) is 1.64. The van der Waals surface area contributed by atoms with E-state index in [0.29, 0.717) is 11.3 Å². The third-order valence-electron chi connectivity index (χ3n) is 2.30. The van der Waals surface area contributed by atoms with Crippen molar-refractivity contribution in [1.29, 1.82) is 0 Å². The van der Waals surface area contributed by atoms with Gasteiger partial charge in [-0.05, 0) is 6.92 Å². The SMILES string of the molecule is CC(Cl)(C(=O)c1ccccc1)c1cnsn1. The molecule has 0 aliphatic rings. The van der Waals surface area contributed by atoms with Gasteiger partial charge in [0.2, 0.25) is 0 Å². The maximum atomic E-state index is 12.2. The Morgan fingerprint density at radius 3 is 2.62 bits per heavy atom. The first kappa shape index (κ1) is 11.2. The minimum absolute atomic E-state index is 0.164. The minimum atomic E-state index is -1.14. The quantitative estimate of drug-likeness (QED) is 0.623. The fraction of sp³-hybridized carbons (Fsp3) is 0.182. The zero-order valence-corrected chi connectivity index (χ0v) is 10.1. The van der Waals surface area contributed by atoms with E-state index in [-0.39, 0.29) is 5.78 Å². The molecule has 2 rings (SSSR count). The molecule has 1 atom stereocenters. The van der Waals surface area contributed by atoms with E-state index >= 15 is 0 Å². The molecule has 1 aromatic carbocycles. The summed E-state index contributed by atoms with van der Waals surface area (Å²) in [4.78, 5) is 11.0. The second kappa shape index (κ2) is 4.31. The molecule has 82 valence electrons. The van der Waals surface area contributed by atoms with Crippen LogP contribution in [0.15, 0.2) is 36.5 Å². The molecule has 0 aliphatic carbocycles. The summed E-state index contributed by atoms with van der Waals surface area (Å²) >= 11 is 7.28. The predicted molar refractivity (Wildman–Crippen MR) is 63.9 cm³/mol. The van der Waals surface area contributed by atoms with Crippen LogP contribution < -0.4 is 0 Å². The fourth-order valence-electron chi connectivity index (χ4n) is 1.35. The first-order valence-corrected chi connectivity index (χ1v) is 5.80. The van der Waals surface area contributed by atoms with Crippen molar-refractivity contribution in [2.45, 2.75) is 11.8 Å². The average Bonchev–Trinajstić information content (AvgIpc) is 2.83. The molecule has 3 nitrogen and oxygen atoms in total. The molecule has 1 aromatic heterocycles. The molecule has 0 aliphatic heterocycles. The Morgan fingerprint density at radius 2 is 2.06 bits per heavy atom. The van der Waals surface area contributed by atoms with Crippen molar-refractivity contribution in [2.75, 3.05) is 0 Å². The van der Waals surface area contributed by atoms with Gasteiger partial charge in [0.05, 0.1) is 17.9 Å². The van der Waals surface area contributed by atoms with Crippen molar-refractivity contribution in [1.82, 2.24) is 8.75 Å². The maximum absolute atomic E-state index is 12.2. The monoisotopic (exact) mass is 252 g/mol. The van der Waals surface area contributed by atoms with Crippen LogP contribution >= 0.6 is 23.3 Å². The summed E-state index contributed by atoms with van der Waals surface area (Å²) in [5.41, 5.74) is 1.07. The molecule has 1 unspecified atom stereocenters. The standard InChI is InChI=1S/C11H9ClN2OS/c1-11(12,9-7-13-16-14-9)10(15)8-5-3-2-4-6-8/h2-7H,1H3. The third-order valence-corrected chi connectivity index (χ3v) is 3.15. The normalized spacial score (nSPS) is 14.4. The van der Waals surface area contributed by atoms with E-state index in [1.165, 1.54) is 6.20 Å². The Bertz CT molecular complexity index is 482. The number of halogens is 1. The lowest BCUT2D eigenvalue weighted by Gasteiger charge is -2.17. The number of ketones is 1. The number of carbonyl (C=O) groups excluding carboxylic acids is 1. The summed E-state index contributed by atoms with van der Waals surface area (Å²) < 4.78 is 7.87. The molecule has 0 fully saturated rings. The molecule has 5 heteroatoms. The number of alkyl halides is 1. The zero-order chi connectivity index (χ0) is 11.6. The molecule has 0 amide bonds. The van der Waals surface area contributed by atoms with E-state index in [4.69, 9.17) is 11.6 Å². The summed E-state index contributed by atoms with van der Waals surface area (Å²) in [6.07, 6.45) is 1.53.